The van der Waals surface area contributed by atoms with Crippen molar-refractivity contribution in [2.45, 2.75) is 61.8 Å². The Kier molecular flexibility index (Phi) is 8.19. The van der Waals surface area contributed by atoms with Crippen LogP contribution in [0.15, 0.2) is 71.8 Å². The number of aromatic nitrogens is 1. The maximum atomic E-state index is 12.9. The summed E-state index contributed by atoms with van der Waals surface area (Å²) in [7, 11) is 0. The number of carbonyl (C=O) groups is 1. The van der Waals surface area contributed by atoms with Crippen LogP contribution in [-0.4, -0.2) is 16.6 Å². The number of anilines is 1. The number of benzene rings is 2. The predicted octanol–water partition coefficient (Wildman–Crippen LogP) is 7.55. The highest BCUT2D eigenvalue weighted by Gasteiger charge is 2.27. The summed E-state index contributed by atoms with van der Waals surface area (Å²) in [4.78, 5) is 19.0. The number of hydrogen-bond donors (Lipinski definition) is 1. The van der Waals surface area contributed by atoms with Gasteiger partial charge in [0, 0.05) is 22.7 Å². The number of hydrogen-bond acceptors (Lipinski definition) is 6. The fourth-order valence-electron chi connectivity index (χ4n) is 6.08. The maximum absolute atomic E-state index is 12.9. The van der Waals surface area contributed by atoms with Gasteiger partial charge in [0.15, 0.2) is 0 Å². The van der Waals surface area contributed by atoms with Crippen molar-refractivity contribution in [2.75, 3.05) is 11.1 Å². The van der Waals surface area contributed by atoms with Crippen molar-refractivity contribution in [3.05, 3.63) is 111 Å². The molecule has 6 rings (SSSR count). The lowest BCUT2D eigenvalue weighted by atomic mass is 9.82. The van der Waals surface area contributed by atoms with E-state index in [9.17, 15) is 15.3 Å². The largest absolute Gasteiger partial charge is 0.317 e. The molecule has 204 valence electrons. The second-order valence-electron chi connectivity index (χ2n) is 10.7. The molecule has 0 saturated carbocycles. The number of carbonyl (C=O) groups excluding carboxylic acids is 1. The van der Waals surface area contributed by atoms with E-state index < -0.39 is 0 Å². The molecule has 2 heterocycles. The molecule has 1 amide bonds. The van der Waals surface area contributed by atoms with Gasteiger partial charge in [-0.3, -0.25) is 4.79 Å². The van der Waals surface area contributed by atoms with Crippen LogP contribution in [0.3, 0.4) is 0 Å². The zero-order chi connectivity index (χ0) is 28.2. The van der Waals surface area contributed by atoms with Crippen LogP contribution in [0.2, 0.25) is 0 Å². The Balaban J connectivity index is 1.08. The lowest BCUT2D eigenvalue weighted by Gasteiger charge is -2.25. The van der Waals surface area contributed by atoms with Crippen LogP contribution in [-0.2, 0) is 30.5 Å². The van der Waals surface area contributed by atoms with Crippen LogP contribution in [0.5, 0.6) is 0 Å². The Labute approximate surface area is 249 Å². The summed E-state index contributed by atoms with van der Waals surface area (Å²) in [5.74, 6) is 1.29. The van der Waals surface area contributed by atoms with Crippen LogP contribution in [0, 0.1) is 22.7 Å². The third kappa shape index (κ3) is 5.93. The van der Waals surface area contributed by atoms with E-state index in [-0.39, 0.29) is 12.3 Å². The first-order valence-corrected chi connectivity index (χ1v) is 15.9. The zero-order valence-electron chi connectivity index (χ0n) is 22.7. The molecule has 2 aromatic heterocycles. The van der Waals surface area contributed by atoms with Gasteiger partial charge in [0.05, 0.1) is 11.1 Å². The number of aryl methyl sites for hydroxylation is 1. The van der Waals surface area contributed by atoms with Gasteiger partial charge < -0.3 is 5.32 Å². The Morgan fingerprint density at radius 1 is 0.951 bits per heavy atom. The van der Waals surface area contributed by atoms with E-state index in [1.807, 2.05) is 18.2 Å². The summed E-state index contributed by atoms with van der Waals surface area (Å²) in [6.45, 7) is 0. The molecule has 0 bridgehead atoms. The molecule has 0 aliphatic heterocycles. The average Bonchev–Trinajstić information content (AvgIpc) is 3.37. The smallest absolute Gasteiger partial charge is 0.225 e. The Morgan fingerprint density at radius 2 is 1.63 bits per heavy atom. The minimum absolute atomic E-state index is 0.116. The van der Waals surface area contributed by atoms with Crippen molar-refractivity contribution in [2.24, 2.45) is 0 Å². The third-order valence-electron chi connectivity index (χ3n) is 8.21. The van der Waals surface area contributed by atoms with Gasteiger partial charge >= 0.3 is 0 Å². The molecule has 2 aliphatic carbocycles. The van der Waals surface area contributed by atoms with Crippen LogP contribution < -0.4 is 5.32 Å². The number of nitrogens with zero attached hydrogens (tertiary/aromatic N) is 3. The first-order valence-electron chi connectivity index (χ1n) is 14.1. The van der Waals surface area contributed by atoms with Gasteiger partial charge in [0.25, 0.3) is 0 Å². The normalized spacial score (nSPS) is 17.5. The SMILES string of the molecule is N#Cc1cc2c(nc1SCCC(=O)Nc1sc3c(c1C#N)CCC(c1ccccc1)C3)CCC(c1ccccc1)C2. The molecule has 4 aromatic rings. The van der Waals surface area contributed by atoms with E-state index in [0.29, 0.717) is 38.7 Å². The number of nitriles is 2. The van der Waals surface area contributed by atoms with Crippen LogP contribution in [0.25, 0.3) is 0 Å². The first-order chi connectivity index (χ1) is 20.1. The van der Waals surface area contributed by atoms with Crippen molar-refractivity contribution in [1.29, 1.82) is 10.5 Å². The molecule has 0 fully saturated rings. The van der Waals surface area contributed by atoms with Gasteiger partial charge in [0.1, 0.15) is 22.2 Å². The quantitative estimate of drug-likeness (QED) is 0.230. The second kappa shape index (κ2) is 12.3. The summed E-state index contributed by atoms with van der Waals surface area (Å²) >= 11 is 3.01. The van der Waals surface area contributed by atoms with E-state index in [2.05, 4.69) is 66.0 Å². The molecule has 41 heavy (non-hydrogen) atoms. The number of nitrogens with one attached hydrogen (secondary N) is 1. The molecule has 1 N–H and O–H groups in total. The topological polar surface area (TPSA) is 89.6 Å². The van der Waals surface area contributed by atoms with Crippen molar-refractivity contribution >= 4 is 34.0 Å². The number of thioether (sulfide) groups is 1. The van der Waals surface area contributed by atoms with Crippen LogP contribution in [0.1, 0.15) is 75.1 Å². The molecule has 0 saturated heterocycles. The fraction of sp³-hybridized carbons (Fsp3) is 0.294. The minimum Gasteiger partial charge on any atom is -0.317 e. The summed E-state index contributed by atoms with van der Waals surface area (Å²) < 4.78 is 0. The summed E-state index contributed by atoms with van der Waals surface area (Å²) in [6.07, 6.45) is 5.87. The monoisotopic (exact) mass is 574 g/mol. The van der Waals surface area contributed by atoms with E-state index >= 15 is 0 Å². The van der Waals surface area contributed by atoms with E-state index in [4.69, 9.17) is 4.98 Å². The Morgan fingerprint density at radius 3 is 2.32 bits per heavy atom. The van der Waals surface area contributed by atoms with E-state index in [1.54, 1.807) is 11.3 Å². The average molecular weight is 575 g/mol. The highest BCUT2D eigenvalue weighted by Crippen LogP contribution is 2.42. The predicted molar refractivity (Wildman–Crippen MR) is 164 cm³/mol. The standard InChI is InChI=1S/C34H30N4OS2/c35-20-27-18-26-17-24(22-7-3-1-4-8-22)12-14-30(26)37-33(27)40-16-15-32(39)38-34-29(21-36)28-13-11-25(19-31(28)41-34)23-9-5-2-6-10-23/h1-10,18,24-25H,11-17,19H2,(H,38,39). The lowest BCUT2D eigenvalue weighted by molar-refractivity contribution is -0.115. The van der Waals surface area contributed by atoms with Gasteiger partial charge in [-0.05, 0) is 78.7 Å². The molecule has 0 spiro atoms. The van der Waals surface area contributed by atoms with Crippen LogP contribution in [0.4, 0.5) is 5.00 Å². The molecule has 2 aromatic carbocycles. The van der Waals surface area contributed by atoms with Gasteiger partial charge in [-0.1, -0.05) is 60.7 Å². The molecule has 2 aliphatic rings. The lowest BCUT2D eigenvalue weighted by Crippen LogP contribution is -2.15. The Hall–Kier alpha value is -3.91. The van der Waals surface area contributed by atoms with E-state index in [0.717, 1.165) is 55.3 Å². The van der Waals surface area contributed by atoms with Gasteiger partial charge in [-0.25, -0.2) is 4.98 Å². The van der Waals surface area contributed by atoms with Crippen molar-refractivity contribution < 1.29 is 4.79 Å². The molecule has 7 heteroatoms. The summed E-state index contributed by atoms with van der Waals surface area (Å²) in [5, 5.41) is 24.1. The number of thiophene rings is 1. The van der Waals surface area contributed by atoms with Gasteiger partial charge in [-0.15, -0.1) is 23.1 Å². The highest BCUT2D eigenvalue weighted by molar-refractivity contribution is 7.99. The fourth-order valence-corrected chi connectivity index (χ4v) is 8.29. The van der Waals surface area contributed by atoms with Gasteiger partial charge in [-0.2, -0.15) is 10.5 Å². The first kappa shape index (κ1) is 27.3. The second-order valence-corrected chi connectivity index (χ2v) is 12.9. The molecule has 0 radical (unpaired) electrons. The zero-order valence-corrected chi connectivity index (χ0v) is 24.4. The minimum atomic E-state index is -0.116. The molecule has 2 unspecified atom stereocenters. The number of fused-ring (bicyclic) bond motifs is 2. The molecule has 5 nitrogen and oxygen atoms in total. The number of amides is 1. The van der Waals surface area contributed by atoms with Crippen molar-refractivity contribution in [1.82, 2.24) is 4.98 Å². The maximum Gasteiger partial charge on any atom is 0.225 e. The third-order valence-corrected chi connectivity index (χ3v) is 10.4. The van der Waals surface area contributed by atoms with Crippen LogP contribution >= 0.6 is 23.1 Å². The summed E-state index contributed by atoms with van der Waals surface area (Å²) in [5.41, 5.74) is 7.19. The van der Waals surface area contributed by atoms with Crippen molar-refractivity contribution in [3.8, 4) is 12.1 Å². The van der Waals surface area contributed by atoms with Crippen molar-refractivity contribution in [3.63, 3.8) is 0 Å². The highest BCUT2D eigenvalue weighted by atomic mass is 32.2. The van der Waals surface area contributed by atoms with E-state index in [1.165, 1.54) is 27.8 Å². The number of rotatable bonds is 7. The molecular weight excluding hydrogens is 545 g/mol. The summed E-state index contributed by atoms with van der Waals surface area (Å²) in [6, 6.07) is 27.7. The van der Waals surface area contributed by atoms with Gasteiger partial charge in [0.2, 0.25) is 5.91 Å². The molecule has 2 atom stereocenters. The molecular formula is C34H30N4OS2. The number of pyridine rings is 1. The Bertz CT molecular complexity index is 1650.